The van der Waals surface area contributed by atoms with Crippen molar-refractivity contribution in [2.24, 2.45) is 5.92 Å². The zero-order valence-electron chi connectivity index (χ0n) is 5.95. The van der Waals surface area contributed by atoms with Crippen LogP contribution in [0.2, 0.25) is 0 Å². The topological polar surface area (TPSA) is 34.1 Å². The van der Waals surface area contributed by atoms with Crippen LogP contribution in [0.4, 0.5) is 0 Å². The molecule has 56 valence electrons. The molecule has 0 heterocycles. The van der Waals surface area contributed by atoms with Gasteiger partial charge < -0.3 is 9.59 Å². The average molecular weight is 140 g/mol. The van der Waals surface area contributed by atoms with Crippen molar-refractivity contribution in [3.8, 4) is 0 Å². The first kappa shape index (κ1) is 9.08. The Kier molecular flexibility index (Phi) is 5.63. The van der Waals surface area contributed by atoms with E-state index in [9.17, 15) is 9.59 Å². The molecule has 0 saturated carbocycles. The molecule has 0 unspecified atom stereocenters. The van der Waals surface area contributed by atoms with E-state index in [0.29, 0.717) is 12.8 Å². The smallest absolute Gasteiger partial charge is 0.120 e. The summed E-state index contributed by atoms with van der Waals surface area (Å²) in [6.07, 6.45) is 5.18. The van der Waals surface area contributed by atoms with Gasteiger partial charge in [0.05, 0.1) is 0 Å². The number of carbonyl (C=O) groups is 2. The molecule has 1 atom stereocenters. The van der Waals surface area contributed by atoms with Gasteiger partial charge in [-0.05, 0) is 12.3 Å². The summed E-state index contributed by atoms with van der Waals surface area (Å²) in [5.74, 6) is 0.183. The van der Waals surface area contributed by atoms with Crippen LogP contribution in [0.5, 0.6) is 0 Å². The maximum atomic E-state index is 10.0. The molecular weight excluding hydrogens is 128 g/mol. The van der Waals surface area contributed by atoms with Crippen molar-refractivity contribution in [1.82, 2.24) is 0 Å². The lowest BCUT2D eigenvalue weighted by molar-refractivity contribution is -0.110. The van der Waals surface area contributed by atoms with E-state index in [1.807, 2.05) is 0 Å². The van der Waals surface area contributed by atoms with Crippen molar-refractivity contribution >= 4 is 12.6 Å². The lowest BCUT2D eigenvalue weighted by atomic mass is 10.0. The highest BCUT2D eigenvalue weighted by atomic mass is 16.1. The van der Waals surface area contributed by atoms with E-state index in [0.717, 1.165) is 19.0 Å². The van der Waals surface area contributed by atoms with Gasteiger partial charge in [-0.2, -0.15) is 0 Å². The first-order chi connectivity index (χ1) is 4.85. The van der Waals surface area contributed by atoms with Gasteiger partial charge >= 0.3 is 0 Å². The molecule has 0 spiro atoms. The predicted molar refractivity (Wildman–Crippen MR) is 39.7 cm³/mol. The Morgan fingerprint density at radius 2 is 2.00 bits per heavy atom. The monoisotopic (exact) mass is 140 g/mol. The molecule has 0 saturated heterocycles. The second kappa shape index (κ2) is 6.20. The van der Waals surface area contributed by atoms with Gasteiger partial charge in [0.1, 0.15) is 12.6 Å². The van der Waals surface area contributed by atoms with E-state index < -0.39 is 0 Å². The predicted octanol–water partition coefficient (Wildman–Crippen LogP) is 1.36. The quantitative estimate of drug-likeness (QED) is 0.412. The minimum atomic E-state index is 0.183. The highest BCUT2D eigenvalue weighted by molar-refractivity contribution is 5.51. The van der Waals surface area contributed by atoms with E-state index in [4.69, 9.17) is 0 Å². The maximum absolute atomic E-state index is 10.0. The van der Waals surface area contributed by atoms with Crippen molar-refractivity contribution in [2.75, 3.05) is 0 Å². The van der Waals surface area contributed by atoms with Crippen LogP contribution in [-0.4, -0.2) is 12.6 Å². The van der Waals surface area contributed by atoms with Crippen LogP contribution in [0.3, 0.4) is 0 Å². The number of hydrogen-bond acceptors (Lipinski definition) is 2. The van der Waals surface area contributed by atoms with E-state index in [1.165, 1.54) is 0 Å². The van der Waals surface area contributed by atoms with Crippen molar-refractivity contribution in [2.45, 2.75) is 19.3 Å². The molecule has 0 aromatic heterocycles. The molecule has 2 heteroatoms. The van der Waals surface area contributed by atoms with Crippen LogP contribution in [0.25, 0.3) is 0 Å². The summed E-state index contributed by atoms with van der Waals surface area (Å²) < 4.78 is 0. The van der Waals surface area contributed by atoms with Crippen molar-refractivity contribution in [1.29, 1.82) is 0 Å². The van der Waals surface area contributed by atoms with Crippen LogP contribution in [0.15, 0.2) is 12.7 Å². The third kappa shape index (κ3) is 4.01. The zero-order chi connectivity index (χ0) is 7.82. The van der Waals surface area contributed by atoms with Crippen LogP contribution < -0.4 is 0 Å². The summed E-state index contributed by atoms with van der Waals surface area (Å²) in [6.45, 7) is 3.56. The largest absolute Gasteiger partial charge is 0.303 e. The fraction of sp³-hybridized carbons (Fsp3) is 0.500. The van der Waals surface area contributed by atoms with Gasteiger partial charge in [0.15, 0.2) is 0 Å². The highest BCUT2D eigenvalue weighted by Crippen LogP contribution is 2.08. The van der Waals surface area contributed by atoms with E-state index >= 15 is 0 Å². The Morgan fingerprint density at radius 3 is 2.40 bits per heavy atom. The van der Waals surface area contributed by atoms with Gasteiger partial charge in [0, 0.05) is 12.8 Å². The molecule has 2 nitrogen and oxygen atoms in total. The third-order valence-electron chi connectivity index (χ3n) is 1.39. The minimum absolute atomic E-state index is 0.183. The van der Waals surface area contributed by atoms with Gasteiger partial charge in [-0.3, -0.25) is 0 Å². The van der Waals surface area contributed by atoms with E-state index in [-0.39, 0.29) is 5.92 Å². The Morgan fingerprint density at radius 1 is 1.30 bits per heavy atom. The third-order valence-corrected chi connectivity index (χ3v) is 1.39. The standard InChI is InChI=1S/C8H12O2/c1-2-8(5-7-10)4-3-6-9/h2,6-8H,1,3-5H2/t8-/m1/s1. The second-order valence-corrected chi connectivity index (χ2v) is 2.14. The van der Waals surface area contributed by atoms with Crippen LogP contribution >= 0.6 is 0 Å². The molecule has 0 aromatic rings. The SMILES string of the molecule is C=C[C@@H](CC=O)CCC=O. The molecule has 0 N–H and O–H groups in total. The van der Waals surface area contributed by atoms with Gasteiger partial charge in [0.25, 0.3) is 0 Å². The van der Waals surface area contributed by atoms with Crippen molar-refractivity contribution in [3.63, 3.8) is 0 Å². The second-order valence-electron chi connectivity index (χ2n) is 2.14. The first-order valence-electron chi connectivity index (χ1n) is 3.35. The van der Waals surface area contributed by atoms with Gasteiger partial charge in [-0.15, -0.1) is 6.58 Å². The number of rotatable bonds is 6. The molecule has 0 aliphatic heterocycles. The molecule has 0 fully saturated rings. The summed E-state index contributed by atoms with van der Waals surface area (Å²) >= 11 is 0. The molecule has 0 aliphatic carbocycles. The Bertz CT molecular complexity index is 118. The normalized spacial score (nSPS) is 12.0. The Labute approximate surface area is 60.9 Å². The van der Waals surface area contributed by atoms with Crippen LogP contribution in [0.1, 0.15) is 19.3 Å². The highest BCUT2D eigenvalue weighted by Gasteiger charge is 2.00. The summed E-state index contributed by atoms with van der Waals surface area (Å²) in [5, 5.41) is 0. The molecule has 0 rings (SSSR count). The molecule has 0 radical (unpaired) electrons. The fourth-order valence-electron chi connectivity index (χ4n) is 0.738. The maximum Gasteiger partial charge on any atom is 0.120 e. The van der Waals surface area contributed by atoms with E-state index in [1.54, 1.807) is 6.08 Å². The van der Waals surface area contributed by atoms with Gasteiger partial charge in [-0.1, -0.05) is 6.08 Å². The van der Waals surface area contributed by atoms with Gasteiger partial charge in [0.2, 0.25) is 0 Å². The van der Waals surface area contributed by atoms with E-state index in [2.05, 4.69) is 6.58 Å². The molecule has 0 amide bonds. The van der Waals surface area contributed by atoms with Crippen LogP contribution in [0, 0.1) is 5.92 Å². The number of aldehydes is 2. The molecule has 10 heavy (non-hydrogen) atoms. The molecular formula is C8H12O2. The summed E-state index contributed by atoms with van der Waals surface area (Å²) in [4.78, 5) is 19.9. The fourth-order valence-corrected chi connectivity index (χ4v) is 0.738. The lowest BCUT2D eigenvalue weighted by Gasteiger charge is -2.03. The summed E-state index contributed by atoms with van der Waals surface area (Å²) in [5.41, 5.74) is 0. The average Bonchev–Trinajstić information content (AvgIpc) is 1.98. The molecule has 0 aromatic carbocycles. The summed E-state index contributed by atoms with van der Waals surface area (Å²) in [7, 11) is 0. The number of carbonyl (C=O) groups excluding carboxylic acids is 2. The summed E-state index contributed by atoms with van der Waals surface area (Å²) in [6, 6.07) is 0. The van der Waals surface area contributed by atoms with Crippen molar-refractivity contribution < 1.29 is 9.59 Å². The molecule has 0 bridgehead atoms. The Hall–Kier alpha value is -0.920. The van der Waals surface area contributed by atoms with Crippen molar-refractivity contribution in [3.05, 3.63) is 12.7 Å². The number of hydrogen-bond donors (Lipinski definition) is 0. The first-order valence-corrected chi connectivity index (χ1v) is 3.35. The van der Waals surface area contributed by atoms with Crippen LogP contribution in [-0.2, 0) is 9.59 Å². The lowest BCUT2D eigenvalue weighted by Crippen LogP contribution is -1.96. The Balaban J connectivity index is 3.47. The molecule has 0 aliphatic rings. The number of allylic oxidation sites excluding steroid dienone is 1. The van der Waals surface area contributed by atoms with Gasteiger partial charge in [-0.25, -0.2) is 0 Å². The zero-order valence-corrected chi connectivity index (χ0v) is 5.95. The minimum Gasteiger partial charge on any atom is -0.303 e.